The summed E-state index contributed by atoms with van der Waals surface area (Å²) in [6, 6.07) is 88.0. The molecule has 0 atom stereocenters. The van der Waals surface area contributed by atoms with Gasteiger partial charge in [0.25, 0.3) is 0 Å². The van der Waals surface area contributed by atoms with Crippen molar-refractivity contribution in [1.29, 1.82) is 0 Å². The lowest BCUT2D eigenvalue weighted by Gasteiger charge is -2.30. The highest BCUT2D eigenvalue weighted by molar-refractivity contribution is 6.12. The van der Waals surface area contributed by atoms with Crippen molar-refractivity contribution in [1.82, 2.24) is 4.57 Å². The van der Waals surface area contributed by atoms with E-state index in [0.717, 1.165) is 28.3 Å². The van der Waals surface area contributed by atoms with Gasteiger partial charge >= 0.3 is 0 Å². The van der Waals surface area contributed by atoms with Crippen LogP contribution in [0.15, 0.2) is 243 Å². The number of fused-ring (bicyclic) bond motifs is 4. The van der Waals surface area contributed by atoms with E-state index >= 15 is 0 Å². The Labute approximate surface area is 350 Å². The highest BCUT2D eigenvalue weighted by Gasteiger charge is 2.23. The molecule has 2 nitrogen and oxygen atoms in total. The molecule has 0 unspecified atom stereocenters. The van der Waals surface area contributed by atoms with E-state index in [4.69, 9.17) is 0 Å². The predicted molar refractivity (Wildman–Crippen MR) is 255 cm³/mol. The molecule has 10 aromatic carbocycles. The van der Waals surface area contributed by atoms with Crippen LogP contribution >= 0.6 is 0 Å². The molecule has 0 aliphatic heterocycles. The summed E-state index contributed by atoms with van der Waals surface area (Å²) in [6.45, 7) is 0. The predicted octanol–water partition coefficient (Wildman–Crippen LogP) is 16.1. The molecule has 0 aliphatic rings. The standard InChI is InChI=1S/C58H40N2/c1-4-17-41(18-5-1)42-31-34-47(35-32-42)59(58-52-28-11-10-23-45(52)33-37-53(58)44-21-8-3-9-22-44)49-36-38-55-54-29-14-15-30-56(54)60(57(55)40-49)48-25-16-24-46(39-48)51-27-13-12-26-50(51)43-19-6-2-7-20-43/h1-40H. The number of hydrogen-bond donors (Lipinski definition) is 0. The lowest BCUT2D eigenvalue weighted by atomic mass is 9.94. The normalized spacial score (nSPS) is 11.3. The van der Waals surface area contributed by atoms with Gasteiger partial charge in [-0.25, -0.2) is 0 Å². The molecule has 0 radical (unpaired) electrons. The third-order valence-electron chi connectivity index (χ3n) is 11.8. The molecule has 60 heavy (non-hydrogen) atoms. The second kappa shape index (κ2) is 15.1. The maximum absolute atomic E-state index is 2.47. The maximum atomic E-state index is 2.47. The van der Waals surface area contributed by atoms with Gasteiger partial charge in [0.1, 0.15) is 0 Å². The molecule has 0 aliphatic carbocycles. The van der Waals surface area contributed by atoms with Crippen molar-refractivity contribution in [3.8, 4) is 50.2 Å². The van der Waals surface area contributed by atoms with Crippen molar-refractivity contribution in [2.45, 2.75) is 0 Å². The van der Waals surface area contributed by atoms with Crippen LogP contribution in [0.3, 0.4) is 0 Å². The summed E-state index contributed by atoms with van der Waals surface area (Å²) in [5, 5.41) is 4.82. The first-order chi connectivity index (χ1) is 29.8. The summed E-state index contributed by atoms with van der Waals surface area (Å²) in [5.74, 6) is 0. The Bertz CT molecular complexity index is 3290. The molecule has 0 amide bonds. The van der Waals surface area contributed by atoms with Gasteiger partial charge in [0, 0.05) is 38.8 Å². The molecule has 1 aromatic heterocycles. The van der Waals surface area contributed by atoms with E-state index in [-0.39, 0.29) is 0 Å². The zero-order valence-electron chi connectivity index (χ0n) is 33.0. The lowest BCUT2D eigenvalue weighted by molar-refractivity contribution is 1.18. The zero-order valence-corrected chi connectivity index (χ0v) is 33.0. The van der Waals surface area contributed by atoms with Crippen molar-refractivity contribution in [3.63, 3.8) is 0 Å². The van der Waals surface area contributed by atoms with Gasteiger partial charge in [-0.3, -0.25) is 0 Å². The molecular weight excluding hydrogens is 725 g/mol. The molecule has 2 heteroatoms. The van der Waals surface area contributed by atoms with E-state index in [1.165, 1.54) is 71.6 Å². The lowest BCUT2D eigenvalue weighted by Crippen LogP contribution is -2.12. The first-order valence-electron chi connectivity index (χ1n) is 20.6. The number of rotatable bonds is 8. The second-order valence-corrected chi connectivity index (χ2v) is 15.3. The van der Waals surface area contributed by atoms with Crippen LogP contribution in [0, 0.1) is 0 Å². The van der Waals surface area contributed by atoms with Crippen LogP contribution in [0.4, 0.5) is 17.1 Å². The molecule has 0 fully saturated rings. The first kappa shape index (κ1) is 35.2. The summed E-state index contributed by atoms with van der Waals surface area (Å²) in [7, 11) is 0. The van der Waals surface area contributed by atoms with E-state index in [2.05, 4.69) is 252 Å². The van der Waals surface area contributed by atoms with E-state index < -0.39 is 0 Å². The van der Waals surface area contributed by atoms with E-state index in [9.17, 15) is 0 Å². The van der Waals surface area contributed by atoms with Gasteiger partial charge in [-0.1, -0.05) is 200 Å². The monoisotopic (exact) mass is 764 g/mol. The molecule has 282 valence electrons. The molecule has 11 aromatic rings. The van der Waals surface area contributed by atoms with Crippen LogP contribution in [-0.4, -0.2) is 4.57 Å². The van der Waals surface area contributed by atoms with E-state index in [0.29, 0.717) is 0 Å². The quantitative estimate of drug-likeness (QED) is 0.150. The number of para-hydroxylation sites is 1. The van der Waals surface area contributed by atoms with Gasteiger partial charge in [-0.05, 0) is 86.8 Å². The van der Waals surface area contributed by atoms with Gasteiger partial charge in [0.05, 0.1) is 16.7 Å². The number of hydrogen-bond acceptors (Lipinski definition) is 1. The molecule has 0 N–H and O–H groups in total. The number of anilines is 3. The Morgan fingerprint density at radius 2 is 0.817 bits per heavy atom. The smallest absolute Gasteiger partial charge is 0.0618 e. The minimum absolute atomic E-state index is 1.08. The highest BCUT2D eigenvalue weighted by atomic mass is 15.1. The minimum atomic E-state index is 1.08. The van der Waals surface area contributed by atoms with E-state index in [1.54, 1.807) is 0 Å². The molecule has 0 bridgehead atoms. The third-order valence-corrected chi connectivity index (χ3v) is 11.8. The van der Waals surface area contributed by atoms with Crippen LogP contribution in [-0.2, 0) is 0 Å². The topological polar surface area (TPSA) is 8.17 Å². The summed E-state index contributed by atoms with van der Waals surface area (Å²) >= 11 is 0. The van der Waals surface area contributed by atoms with Crippen molar-refractivity contribution in [3.05, 3.63) is 243 Å². The highest BCUT2D eigenvalue weighted by Crippen LogP contribution is 2.47. The first-order valence-corrected chi connectivity index (χ1v) is 20.6. The fourth-order valence-electron chi connectivity index (χ4n) is 8.98. The average Bonchev–Trinajstić information content (AvgIpc) is 3.66. The number of nitrogens with zero attached hydrogens (tertiary/aromatic N) is 2. The molecule has 0 spiro atoms. The van der Waals surface area contributed by atoms with E-state index in [1.807, 2.05) is 0 Å². The van der Waals surface area contributed by atoms with Crippen LogP contribution in [0.2, 0.25) is 0 Å². The summed E-state index contributed by atoms with van der Waals surface area (Å²) in [5.41, 5.74) is 16.3. The van der Waals surface area contributed by atoms with Gasteiger partial charge < -0.3 is 9.47 Å². The molecule has 11 rings (SSSR count). The van der Waals surface area contributed by atoms with Gasteiger partial charge in [0.2, 0.25) is 0 Å². The Morgan fingerprint density at radius 1 is 0.283 bits per heavy atom. The third kappa shape index (κ3) is 6.23. The largest absolute Gasteiger partial charge is 0.309 e. The van der Waals surface area contributed by atoms with Crippen LogP contribution in [0.25, 0.3) is 82.8 Å². The Balaban J connectivity index is 1.15. The fraction of sp³-hybridized carbons (Fsp3) is 0. The second-order valence-electron chi connectivity index (χ2n) is 15.3. The summed E-state index contributed by atoms with van der Waals surface area (Å²) in [4.78, 5) is 2.47. The Morgan fingerprint density at radius 3 is 1.55 bits per heavy atom. The van der Waals surface area contributed by atoms with Crippen molar-refractivity contribution >= 4 is 49.6 Å². The molecule has 1 heterocycles. The maximum Gasteiger partial charge on any atom is 0.0618 e. The SMILES string of the molecule is c1ccc(-c2ccc(N(c3ccc4c5ccccc5n(-c5cccc(-c6ccccc6-c6ccccc6)c5)c4c3)c3c(-c4ccccc4)ccc4ccccc34)cc2)cc1. The Hall–Kier alpha value is -7.94. The van der Waals surface area contributed by atoms with Crippen molar-refractivity contribution in [2.75, 3.05) is 4.90 Å². The minimum Gasteiger partial charge on any atom is -0.309 e. The van der Waals surface area contributed by atoms with Crippen molar-refractivity contribution < 1.29 is 0 Å². The molecule has 0 saturated heterocycles. The average molecular weight is 765 g/mol. The van der Waals surface area contributed by atoms with Crippen LogP contribution < -0.4 is 4.90 Å². The van der Waals surface area contributed by atoms with Gasteiger partial charge in [-0.2, -0.15) is 0 Å². The van der Waals surface area contributed by atoms with Crippen LogP contribution in [0.1, 0.15) is 0 Å². The zero-order chi connectivity index (χ0) is 39.8. The molecular formula is C58H40N2. The van der Waals surface area contributed by atoms with Gasteiger partial charge in [0.15, 0.2) is 0 Å². The number of benzene rings is 10. The summed E-state index contributed by atoms with van der Waals surface area (Å²) in [6.07, 6.45) is 0. The fourth-order valence-corrected chi connectivity index (χ4v) is 8.98. The van der Waals surface area contributed by atoms with Gasteiger partial charge in [-0.15, -0.1) is 0 Å². The van der Waals surface area contributed by atoms with Crippen LogP contribution in [0.5, 0.6) is 0 Å². The van der Waals surface area contributed by atoms with Crippen molar-refractivity contribution in [2.24, 2.45) is 0 Å². The Kier molecular flexibility index (Phi) is 8.87. The number of aromatic nitrogens is 1. The summed E-state index contributed by atoms with van der Waals surface area (Å²) < 4.78 is 2.45. The molecule has 0 saturated carbocycles.